The van der Waals surface area contributed by atoms with E-state index in [4.69, 9.17) is 16.3 Å². The van der Waals surface area contributed by atoms with Crippen LogP contribution in [0, 0.1) is 0 Å². The van der Waals surface area contributed by atoms with Crippen LogP contribution in [0.4, 0.5) is 5.69 Å². The summed E-state index contributed by atoms with van der Waals surface area (Å²) in [7, 11) is 0. The Labute approximate surface area is 201 Å². The smallest absolute Gasteiger partial charge is 0.338 e. The summed E-state index contributed by atoms with van der Waals surface area (Å²) >= 11 is 6.18. The van der Waals surface area contributed by atoms with Crippen LogP contribution in [0.15, 0.2) is 54.2 Å². The SMILES string of the molecule is O=C(OCC(=O)N(C1=CCCCC1)C1CC1)c1ccc2c(c1)C(=O)N(c1ccccc1Cl)C2=O. The van der Waals surface area contributed by atoms with Gasteiger partial charge in [-0.1, -0.05) is 29.8 Å². The molecule has 1 saturated carbocycles. The first-order valence-corrected chi connectivity index (χ1v) is 11.8. The van der Waals surface area contributed by atoms with Crippen molar-refractivity contribution in [1.82, 2.24) is 4.90 Å². The summed E-state index contributed by atoms with van der Waals surface area (Å²) in [5.74, 6) is -2.03. The first-order chi connectivity index (χ1) is 16.5. The first-order valence-electron chi connectivity index (χ1n) is 11.4. The normalized spacial score (nSPS) is 17.3. The number of hydrogen-bond donors (Lipinski definition) is 0. The summed E-state index contributed by atoms with van der Waals surface area (Å²) in [6, 6.07) is 10.9. The highest BCUT2D eigenvalue weighted by atomic mass is 35.5. The van der Waals surface area contributed by atoms with Crippen molar-refractivity contribution in [1.29, 1.82) is 0 Å². The van der Waals surface area contributed by atoms with Crippen molar-refractivity contribution in [2.24, 2.45) is 0 Å². The Kier molecular flexibility index (Phi) is 5.96. The fraction of sp³-hybridized carbons (Fsp3) is 0.308. The minimum atomic E-state index is -0.721. The van der Waals surface area contributed by atoms with E-state index in [9.17, 15) is 19.2 Å². The number of allylic oxidation sites excluding steroid dienone is 2. The van der Waals surface area contributed by atoms with Gasteiger partial charge in [0.2, 0.25) is 0 Å². The lowest BCUT2D eigenvalue weighted by molar-refractivity contribution is -0.133. The lowest BCUT2D eigenvalue weighted by atomic mass is 10.0. The molecule has 174 valence electrons. The maximum Gasteiger partial charge on any atom is 0.338 e. The number of rotatable bonds is 6. The van der Waals surface area contributed by atoms with E-state index in [1.165, 1.54) is 18.2 Å². The fourth-order valence-electron chi connectivity index (χ4n) is 4.47. The number of ether oxygens (including phenoxy) is 1. The number of carbonyl (C=O) groups excluding carboxylic acids is 4. The Morgan fingerprint density at radius 3 is 2.50 bits per heavy atom. The Balaban J connectivity index is 1.30. The molecule has 34 heavy (non-hydrogen) atoms. The van der Waals surface area contributed by atoms with Crippen LogP contribution in [0.3, 0.4) is 0 Å². The standard InChI is InChI=1S/C26H23ClN2O5/c27-21-8-4-5-9-22(21)29-24(31)19-13-10-16(14-20(19)25(29)32)26(33)34-15-23(30)28(18-11-12-18)17-6-2-1-3-7-17/h4-6,8-10,13-14,18H,1-3,7,11-12,15H2. The van der Waals surface area contributed by atoms with Gasteiger partial charge in [0.15, 0.2) is 6.61 Å². The average Bonchev–Trinajstić information content (AvgIpc) is 3.65. The summed E-state index contributed by atoms with van der Waals surface area (Å²) in [5.41, 5.74) is 1.68. The van der Waals surface area contributed by atoms with E-state index in [1.54, 1.807) is 29.2 Å². The van der Waals surface area contributed by atoms with Gasteiger partial charge in [-0.05, 0) is 68.9 Å². The fourth-order valence-corrected chi connectivity index (χ4v) is 4.69. The molecule has 2 aliphatic carbocycles. The zero-order valence-electron chi connectivity index (χ0n) is 18.5. The number of amides is 3. The second kappa shape index (κ2) is 9.06. The molecule has 7 nitrogen and oxygen atoms in total. The average molecular weight is 479 g/mol. The van der Waals surface area contributed by atoms with Crippen molar-refractivity contribution in [2.45, 2.75) is 44.6 Å². The van der Waals surface area contributed by atoms with Gasteiger partial charge < -0.3 is 9.64 Å². The number of carbonyl (C=O) groups is 4. The van der Waals surface area contributed by atoms with Gasteiger partial charge >= 0.3 is 5.97 Å². The minimum absolute atomic E-state index is 0.0951. The summed E-state index contributed by atoms with van der Waals surface area (Å²) in [6.45, 7) is -0.373. The third kappa shape index (κ3) is 4.12. The molecule has 1 heterocycles. The molecule has 0 unspecified atom stereocenters. The van der Waals surface area contributed by atoms with E-state index >= 15 is 0 Å². The maximum atomic E-state index is 13.0. The van der Waals surface area contributed by atoms with E-state index < -0.39 is 17.8 Å². The molecule has 0 saturated heterocycles. The second-order valence-electron chi connectivity index (χ2n) is 8.67. The molecule has 0 N–H and O–H groups in total. The van der Waals surface area contributed by atoms with E-state index in [2.05, 4.69) is 6.08 Å². The van der Waals surface area contributed by atoms with Crippen LogP contribution in [-0.4, -0.2) is 41.2 Å². The second-order valence-corrected chi connectivity index (χ2v) is 9.08. The van der Waals surface area contributed by atoms with Crippen LogP contribution >= 0.6 is 11.6 Å². The molecule has 1 fully saturated rings. The lowest BCUT2D eigenvalue weighted by Crippen LogP contribution is -2.36. The van der Waals surface area contributed by atoms with Gasteiger partial charge in [0.05, 0.1) is 27.4 Å². The van der Waals surface area contributed by atoms with Crippen LogP contribution in [0.5, 0.6) is 0 Å². The van der Waals surface area contributed by atoms with Crippen molar-refractivity contribution in [3.8, 4) is 0 Å². The molecule has 3 amide bonds. The van der Waals surface area contributed by atoms with Gasteiger partial charge in [-0.2, -0.15) is 0 Å². The Morgan fingerprint density at radius 1 is 1.03 bits per heavy atom. The number of para-hydroxylation sites is 1. The molecular weight excluding hydrogens is 456 g/mol. The van der Waals surface area contributed by atoms with Crippen LogP contribution in [0.2, 0.25) is 5.02 Å². The predicted octanol–water partition coefficient (Wildman–Crippen LogP) is 4.75. The number of halogens is 1. The van der Waals surface area contributed by atoms with Crippen molar-refractivity contribution in [2.75, 3.05) is 11.5 Å². The number of hydrogen-bond acceptors (Lipinski definition) is 5. The van der Waals surface area contributed by atoms with Gasteiger partial charge in [0.1, 0.15) is 0 Å². The number of esters is 1. The zero-order valence-corrected chi connectivity index (χ0v) is 19.2. The van der Waals surface area contributed by atoms with Crippen LogP contribution in [0.1, 0.15) is 69.6 Å². The quantitative estimate of drug-likeness (QED) is 0.442. The number of nitrogens with zero attached hydrogens (tertiary/aromatic N) is 2. The molecule has 0 radical (unpaired) electrons. The summed E-state index contributed by atoms with van der Waals surface area (Å²) < 4.78 is 5.30. The predicted molar refractivity (Wildman–Crippen MR) is 126 cm³/mol. The molecule has 2 aromatic carbocycles. The molecule has 0 aromatic heterocycles. The molecule has 3 aliphatic rings. The molecule has 0 atom stereocenters. The molecule has 2 aromatic rings. The molecule has 0 bridgehead atoms. The van der Waals surface area contributed by atoms with Crippen LogP contribution < -0.4 is 4.90 Å². The molecule has 1 aliphatic heterocycles. The highest BCUT2D eigenvalue weighted by Crippen LogP contribution is 2.35. The highest BCUT2D eigenvalue weighted by molar-refractivity contribution is 6.39. The first kappa shape index (κ1) is 22.3. The number of imide groups is 1. The Morgan fingerprint density at radius 2 is 1.79 bits per heavy atom. The van der Waals surface area contributed by atoms with E-state index in [1.807, 2.05) is 0 Å². The molecular formula is C26H23ClN2O5. The summed E-state index contributed by atoms with van der Waals surface area (Å²) in [6.07, 6.45) is 8.01. The third-order valence-electron chi connectivity index (χ3n) is 6.30. The van der Waals surface area contributed by atoms with E-state index in [0.717, 1.165) is 49.1 Å². The van der Waals surface area contributed by atoms with E-state index in [-0.39, 0.29) is 46.0 Å². The number of anilines is 1. The van der Waals surface area contributed by atoms with Gasteiger partial charge in [0.25, 0.3) is 17.7 Å². The molecule has 8 heteroatoms. The van der Waals surface area contributed by atoms with Crippen LogP contribution in [0.25, 0.3) is 0 Å². The molecule has 5 rings (SSSR count). The minimum Gasteiger partial charge on any atom is -0.452 e. The number of fused-ring (bicyclic) bond motifs is 1. The van der Waals surface area contributed by atoms with Crippen molar-refractivity contribution in [3.05, 3.63) is 76.0 Å². The third-order valence-corrected chi connectivity index (χ3v) is 6.62. The van der Waals surface area contributed by atoms with Crippen LogP contribution in [-0.2, 0) is 9.53 Å². The Hall–Kier alpha value is -3.45. The summed E-state index contributed by atoms with van der Waals surface area (Å²) in [5, 5.41) is 0.267. The zero-order chi connectivity index (χ0) is 23.8. The molecule has 0 spiro atoms. The van der Waals surface area contributed by atoms with E-state index in [0.29, 0.717) is 0 Å². The van der Waals surface area contributed by atoms with Gasteiger partial charge in [0, 0.05) is 11.7 Å². The van der Waals surface area contributed by atoms with Gasteiger partial charge in [-0.25, -0.2) is 9.69 Å². The Bertz CT molecular complexity index is 1230. The van der Waals surface area contributed by atoms with Gasteiger partial charge in [-0.15, -0.1) is 0 Å². The summed E-state index contributed by atoms with van der Waals surface area (Å²) in [4.78, 5) is 54.1. The number of benzene rings is 2. The monoisotopic (exact) mass is 478 g/mol. The lowest BCUT2D eigenvalue weighted by Gasteiger charge is -2.27. The maximum absolute atomic E-state index is 13.0. The van der Waals surface area contributed by atoms with Crippen molar-refractivity contribution < 1.29 is 23.9 Å². The highest BCUT2D eigenvalue weighted by Gasteiger charge is 2.38. The largest absolute Gasteiger partial charge is 0.452 e. The van der Waals surface area contributed by atoms with Crippen molar-refractivity contribution >= 4 is 41.0 Å². The van der Waals surface area contributed by atoms with Gasteiger partial charge in [-0.3, -0.25) is 14.4 Å². The van der Waals surface area contributed by atoms with Crippen molar-refractivity contribution in [3.63, 3.8) is 0 Å². The topological polar surface area (TPSA) is 84.0 Å².